The second-order valence-electron chi connectivity index (χ2n) is 9.16. The molecule has 2 aliphatic rings. The highest BCUT2D eigenvalue weighted by Gasteiger charge is 2.24. The molecule has 2 fully saturated rings. The van der Waals surface area contributed by atoms with Gasteiger partial charge in [0.05, 0.1) is 13.2 Å². The van der Waals surface area contributed by atoms with Crippen molar-refractivity contribution in [1.29, 1.82) is 0 Å². The van der Waals surface area contributed by atoms with E-state index in [1.54, 1.807) is 0 Å². The molecule has 0 radical (unpaired) electrons. The Morgan fingerprint density at radius 1 is 0.821 bits per heavy atom. The first-order valence-electron chi connectivity index (χ1n) is 11.2. The second-order valence-corrected chi connectivity index (χ2v) is 9.16. The first-order valence-corrected chi connectivity index (χ1v) is 11.2. The van der Waals surface area contributed by atoms with Crippen molar-refractivity contribution in [3.63, 3.8) is 0 Å². The number of carbonyl (C=O) groups is 2. The average Bonchev–Trinajstić information content (AvgIpc) is 2.67. The molecule has 2 rings (SSSR count). The summed E-state index contributed by atoms with van der Waals surface area (Å²) < 4.78 is 5.53. The molecular formula is C22H41N3O3. The number of ether oxygens (including phenoxy) is 1. The SMILES string of the molecule is CC(C)C(=O)COCCN1CCC(CN2CCN(CC(=O)C(C)C)CC2)CC1. The molecule has 0 spiro atoms. The molecular weight excluding hydrogens is 354 g/mol. The van der Waals surface area contributed by atoms with Crippen LogP contribution in [0.15, 0.2) is 0 Å². The van der Waals surface area contributed by atoms with Crippen molar-refractivity contribution in [2.75, 3.05) is 72.1 Å². The zero-order valence-corrected chi connectivity index (χ0v) is 18.5. The third kappa shape index (κ3) is 8.27. The number of carbonyl (C=O) groups excluding carboxylic acids is 2. The Balaban J connectivity index is 1.54. The fourth-order valence-corrected chi connectivity index (χ4v) is 3.82. The molecule has 0 aliphatic carbocycles. The average molecular weight is 396 g/mol. The lowest BCUT2D eigenvalue weighted by Gasteiger charge is -2.38. The molecule has 0 atom stereocenters. The fourth-order valence-electron chi connectivity index (χ4n) is 3.82. The molecule has 28 heavy (non-hydrogen) atoms. The summed E-state index contributed by atoms with van der Waals surface area (Å²) in [5.74, 6) is 1.53. The fraction of sp³-hybridized carbons (Fsp3) is 0.909. The lowest BCUT2D eigenvalue weighted by Crippen LogP contribution is -2.50. The van der Waals surface area contributed by atoms with Gasteiger partial charge in [-0.1, -0.05) is 27.7 Å². The maximum absolute atomic E-state index is 11.9. The third-order valence-electron chi connectivity index (χ3n) is 6.15. The van der Waals surface area contributed by atoms with Crippen molar-refractivity contribution in [1.82, 2.24) is 14.7 Å². The molecule has 0 aromatic carbocycles. The minimum Gasteiger partial charge on any atom is -0.372 e. The molecule has 0 amide bonds. The van der Waals surface area contributed by atoms with E-state index in [0.29, 0.717) is 18.9 Å². The van der Waals surface area contributed by atoms with Crippen molar-refractivity contribution < 1.29 is 14.3 Å². The Hall–Kier alpha value is -0.820. The molecule has 162 valence electrons. The molecule has 2 heterocycles. The zero-order valence-electron chi connectivity index (χ0n) is 18.5. The first kappa shape index (κ1) is 23.5. The number of piperazine rings is 1. The molecule has 6 nitrogen and oxygen atoms in total. The molecule has 2 saturated heterocycles. The van der Waals surface area contributed by atoms with Crippen LogP contribution in [0.4, 0.5) is 0 Å². The monoisotopic (exact) mass is 395 g/mol. The van der Waals surface area contributed by atoms with Gasteiger partial charge in [0.1, 0.15) is 12.4 Å². The standard InChI is InChI=1S/C22H41N3O3/c1-18(2)21(26)16-25-11-9-24(10-12-25)15-20-5-7-23(8-6-20)13-14-28-17-22(27)19(3)4/h18-20H,5-17H2,1-4H3. The molecule has 0 N–H and O–H groups in total. The van der Waals surface area contributed by atoms with E-state index in [1.165, 1.54) is 19.4 Å². The van der Waals surface area contributed by atoms with Crippen LogP contribution in [0, 0.1) is 17.8 Å². The van der Waals surface area contributed by atoms with Gasteiger partial charge in [0, 0.05) is 51.1 Å². The van der Waals surface area contributed by atoms with Crippen LogP contribution in [0.1, 0.15) is 40.5 Å². The third-order valence-corrected chi connectivity index (χ3v) is 6.15. The maximum atomic E-state index is 11.9. The zero-order chi connectivity index (χ0) is 20.5. The van der Waals surface area contributed by atoms with Gasteiger partial charge >= 0.3 is 0 Å². The molecule has 0 saturated carbocycles. The van der Waals surface area contributed by atoms with E-state index in [4.69, 9.17) is 4.74 Å². The summed E-state index contributed by atoms with van der Waals surface area (Å²) in [5.41, 5.74) is 0. The lowest BCUT2D eigenvalue weighted by molar-refractivity contribution is -0.126. The van der Waals surface area contributed by atoms with Crippen LogP contribution in [0.3, 0.4) is 0 Å². The summed E-state index contributed by atoms with van der Waals surface area (Å²) in [6.07, 6.45) is 2.49. The van der Waals surface area contributed by atoms with Crippen LogP contribution in [0.25, 0.3) is 0 Å². The van der Waals surface area contributed by atoms with Crippen molar-refractivity contribution in [3.05, 3.63) is 0 Å². The smallest absolute Gasteiger partial charge is 0.160 e. The van der Waals surface area contributed by atoms with Crippen LogP contribution in [0.2, 0.25) is 0 Å². The minimum absolute atomic E-state index is 0.0632. The van der Waals surface area contributed by atoms with Gasteiger partial charge in [-0.25, -0.2) is 0 Å². The molecule has 0 bridgehead atoms. The van der Waals surface area contributed by atoms with E-state index < -0.39 is 0 Å². The molecule has 0 unspecified atom stereocenters. The number of Topliss-reactive ketones (excluding diaryl/α,β-unsaturated/α-hetero) is 2. The van der Waals surface area contributed by atoms with Gasteiger partial charge in [0.25, 0.3) is 0 Å². The van der Waals surface area contributed by atoms with Crippen molar-refractivity contribution in [2.45, 2.75) is 40.5 Å². The number of hydrogen-bond acceptors (Lipinski definition) is 6. The highest BCUT2D eigenvalue weighted by molar-refractivity contribution is 5.82. The van der Waals surface area contributed by atoms with Crippen LogP contribution in [-0.2, 0) is 14.3 Å². The van der Waals surface area contributed by atoms with E-state index in [9.17, 15) is 9.59 Å². The highest BCUT2D eigenvalue weighted by atomic mass is 16.5. The minimum atomic E-state index is 0.0632. The number of nitrogens with zero attached hydrogens (tertiary/aromatic N) is 3. The lowest BCUT2D eigenvalue weighted by atomic mass is 9.96. The Labute approximate surface area is 171 Å². The molecule has 0 aromatic rings. The summed E-state index contributed by atoms with van der Waals surface area (Å²) in [6, 6.07) is 0. The Morgan fingerprint density at radius 3 is 1.96 bits per heavy atom. The van der Waals surface area contributed by atoms with Crippen molar-refractivity contribution in [3.8, 4) is 0 Å². The van der Waals surface area contributed by atoms with Gasteiger partial charge in [-0.05, 0) is 31.8 Å². The van der Waals surface area contributed by atoms with Crippen molar-refractivity contribution in [2.24, 2.45) is 17.8 Å². The van der Waals surface area contributed by atoms with Crippen LogP contribution < -0.4 is 0 Å². The summed E-state index contributed by atoms with van der Waals surface area (Å²) in [4.78, 5) is 30.8. The van der Waals surface area contributed by atoms with Gasteiger partial charge in [0.15, 0.2) is 5.78 Å². The van der Waals surface area contributed by atoms with E-state index >= 15 is 0 Å². The predicted molar refractivity (Wildman–Crippen MR) is 113 cm³/mol. The number of ketones is 2. The van der Waals surface area contributed by atoms with Gasteiger partial charge in [-0.15, -0.1) is 0 Å². The normalized spacial score (nSPS) is 20.9. The van der Waals surface area contributed by atoms with Gasteiger partial charge < -0.3 is 14.5 Å². The quantitative estimate of drug-likeness (QED) is 0.497. The first-order chi connectivity index (χ1) is 13.3. The van der Waals surface area contributed by atoms with Crippen LogP contribution in [-0.4, -0.2) is 98.4 Å². The predicted octanol–water partition coefficient (Wildman–Crippen LogP) is 1.78. The molecule has 2 aliphatic heterocycles. The number of likely N-dealkylation sites (tertiary alicyclic amines) is 1. The number of rotatable bonds is 11. The topological polar surface area (TPSA) is 53.1 Å². The van der Waals surface area contributed by atoms with Gasteiger partial charge in [-0.3, -0.25) is 14.5 Å². The summed E-state index contributed by atoms with van der Waals surface area (Å²) in [7, 11) is 0. The maximum Gasteiger partial charge on any atom is 0.160 e. The van der Waals surface area contributed by atoms with Gasteiger partial charge in [0.2, 0.25) is 0 Å². The van der Waals surface area contributed by atoms with Crippen molar-refractivity contribution >= 4 is 11.6 Å². The molecule has 6 heteroatoms. The van der Waals surface area contributed by atoms with E-state index in [-0.39, 0.29) is 24.2 Å². The largest absolute Gasteiger partial charge is 0.372 e. The van der Waals surface area contributed by atoms with E-state index in [1.807, 2.05) is 27.7 Å². The summed E-state index contributed by atoms with van der Waals surface area (Å²) in [6.45, 7) is 17.9. The van der Waals surface area contributed by atoms with E-state index in [2.05, 4.69) is 14.7 Å². The van der Waals surface area contributed by atoms with Crippen LogP contribution >= 0.6 is 0 Å². The summed E-state index contributed by atoms with van der Waals surface area (Å²) >= 11 is 0. The highest BCUT2D eigenvalue weighted by Crippen LogP contribution is 2.19. The summed E-state index contributed by atoms with van der Waals surface area (Å²) in [5, 5.41) is 0. The van der Waals surface area contributed by atoms with Crippen LogP contribution in [0.5, 0.6) is 0 Å². The Kier molecular flexibility index (Phi) is 10.1. The Morgan fingerprint density at radius 2 is 1.39 bits per heavy atom. The van der Waals surface area contributed by atoms with Gasteiger partial charge in [-0.2, -0.15) is 0 Å². The Bertz CT molecular complexity index is 479. The molecule has 0 aromatic heterocycles. The number of hydrogen-bond donors (Lipinski definition) is 0. The van der Waals surface area contributed by atoms with E-state index in [0.717, 1.165) is 51.7 Å². The number of piperidine rings is 1. The second kappa shape index (κ2) is 12.0.